The number of ether oxygens (including phenoxy) is 1. The first kappa shape index (κ1) is 15.0. The van der Waals surface area contributed by atoms with Crippen molar-refractivity contribution in [1.82, 2.24) is 15.3 Å². The molecule has 0 spiro atoms. The second-order valence-corrected chi connectivity index (χ2v) is 5.77. The Labute approximate surface area is 121 Å². The third-order valence-corrected chi connectivity index (χ3v) is 3.94. The summed E-state index contributed by atoms with van der Waals surface area (Å²) in [5, 5.41) is 3.36. The summed E-state index contributed by atoms with van der Waals surface area (Å²) in [6, 6.07) is 3.00. The van der Waals surface area contributed by atoms with Crippen molar-refractivity contribution in [3.63, 3.8) is 0 Å². The van der Waals surface area contributed by atoms with Crippen LogP contribution in [0.4, 0.5) is 5.95 Å². The summed E-state index contributed by atoms with van der Waals surface area (Å²) in [4.78, 5) is 11.1. The van der Waals surface area contributed by atoms with E-state index < -0.39 is 0 Å². The van der Waals surface area contributed by atoms with Crippen LogP contribution in [0.2, 0.25) is 0 Å². The number of nitrogens with one attached hydrogen (secondary N) is 1. The van der Waals surface area contributed by atoms with Crippen molar-refractivity contribution in [2.24, 2.45) is 0 Å². The number of anilines is 1. The van der Waals surface area contributed by atoms with E-state index in [0.717, 1.165) is 5.95 Å². The molecule has 0 atom stereocenters. The molecule has 0 radical (unpaired) electrons. The van der Waals surface area contributed by atoms with Crippen molar-refractivity contribution in [2.75, 3.05) is 19.0 Å². The van der Waals surface area contributed by atoms with Crippen LogP contribution >= 0.6 is 0 Å². The molecule has 1 aromatic heterocycles. The van der Waals surface area contributed by atoms with Gasteiger partial charge >= 0.3 is 0 Å². The van der Waals surface area contributed by atoms with Crippen molar-refractivity contribution in [2.45, 2.75) is 57.7 Å². The number of hydrogen-bond acceptors (Lipinski definition) is 5. The Kier molecular flexibility index (Phi) is 5.17. The van der Waals surface area contributed by atoms with Gasteiger partial charge in [-0.25, -0.2) is 4.98 Å². The Balaban J connectivity index is 2.00. The van der Waals surface area contributed by atoms with Crippen LogP contribution in [-0.4, -0.2) is 42.3 Å². The summed E-state index contributed by atoms with van der Waals surface area (Å²) in [5.74, 6) is 1.41. The van der Waals surface area contributed by atoms with Crippen molar-refractivity contribution >= 4 is 5.95 Å². The topological polar surface area (TPSA) is 50.3 Å². The number of aromatic nitrogens is 2. The lowest BCUT2D eigenvalue weighted by Gasteiger charge is -2.34. The quantitative estimate of drug-likeness (QED) is 0.895. The number of hydrogen-bond donors (Lipinski definition) is 1. The second-order valence-electron chi connectivity index (χ2n) is 5.77. The Morgan fingerprint density at radius 2 is 2.00 bits per heavy atom. The van der Waals surface area contributed by atoms with Crippen molar-refractivity contribution in [3.8, 4) is 5.88 Å². The van der Waals surface area contributed by atoms with E-state index in [-0.39, 0.29) is 6.10 Å². The van der Waals surface area contributed by atoms with E-state index in [2.05, 4.69) is 27.2 Å². The third kappa shape index (κ3) is 3.82. The van der Waals surface area contributed by atoms with Gasteiger partial charge in [0, 0.05) is 31.4 Å². The van der Waals surface area contributed by atoms with Gasteiger partial charge in [-0.15, -0.1) is 0 Å². The van der Waals surface area contributed by atoms with Crippen LogP contribution in [0.5, 0.6) is 5.88 Å². The number of nitrogens with zero attached hydrogens (tertiary/aromatic N) is 3. The minimum absolute atomic E-state index is 0.133. The zero-order valence-electron chi connectivity index (χ0n) is 13.0. The second kappa shape index (κ2) is 6.88. The molecule has 0 amide bonds. The fraction of sp³-hybridized carbons (Fsp3) is 0.733. The molecule has 1 saturated carbocycles. The standard InChI is InChI=1S/C15H26N4O/c1-11(2)20-14-9-10-17-15(18-14)19(4)13-7-5-12(16-3)6-8-13/h9-13,16H,5-8H2,1-4H3. The molecule has 0 unspecified atom stereocenters. The van der Waals surface area contributed by atoms with E-state index in [1.165, 1.54) is 25.7 Å². The highest BCUT2D eigenvalue weighted by molar-refractivity contribution is 5.32. The van der Waals surface area contributed by atoms with Gasteiger partial charge in [0.05, 0.1) is 6.10 Å². The SMILES string of the molecule is CNC1CCC(N(C)c2nccc(OC(C)C)n2)CC1. The zero-order chi connectivity index (χ0) is 14.5. The molecule has 2 rings (SSSR count). The fourth-order valence-electron chi connectivity index (χ4n) is 2.72. The molecular weight excluding hydrogens is 252 g/mol. The highest BCUT2D eigenvalue weighted by Gasteiger charge is 2.24. The molecule has 1 aliphatic carbocycles. The van der Waals surface area contributed by atoms with Gasteiger partial charge in [0.2, 0.25) is 11.8 Å². The lowest BCUT2D eigenvalue weighted by molar-refractivity contribution is 0.232. The van der Waals surface area contributed by atoms with Crippen LogP contribution in [0.3, 0.4) is 0 Å². The van der Waals surface area contributed by atoms with Crippen molar-refractivity contribution in [3.05, 3.63) is 12.3 Å². The normalized spacial score (nSPS) is 22.9. The molecule has 1 aromatic rings. The highest BCUT2D eigenvalue weighted by Crippen LogP contribution is 2.25. The minimum Gasteiger partial charge on any atom is -0.475 e. The van der Waals surface area contributed by atoms with Gasteiger partial charge in [-0.1, -0.05) is 0 Å². The van der Waals surface area contributed by atoms with Crippen LogP contribution < -0.4 is 15.0 Å². The van der Waals surface area contributed by atoms with Gasteiger partial charge in [0.15, 0.2) is 0 Å². The van der Waals surface area contributed by atoms with E-state index >= 15 is 0 Å². The maximum atomic E-state index is 5.64. The fourth-order valence-corrected chi connectivity index (χ4v) is 2.72. The minimum atomic E-state index is 0.133. The van der Waals surface area contributed by atoms with Crippen LogP contribution in [0.15, 0.2) is 12.3 Å². The zero-order valence-corrected chi connectivity index (χ0v) is 13.0. The maximum Gasteiger partial charge on any atom is 0.228 e. The highest BCUT2D eigenvalue weighted by atomic mass is 16.5. The largest absolute Gasteiger partial charge is 0.475 e. The third-order valence-electron chi connectivity index (χ3n) is 3.94. The Morgan fingerprint density at radius 3 is 2.60 bits per heavy atom. The van der Waals surface area contributed by atoms with E-state index in [1.54, 1.807) is 6.20 Å². The van der Waals surface area contributed by atoms with Crippen LogP contribution in [0.1, 0.15) is 39.5 Å². The molecule has 0 bridgehead atoms. The molecular formula is C15H26N4O. The summed E-state index contributed by atoms with van der Waals surface area (Å²) in [6.45, 7) is 4.01. The van der Waals surface area contributed by atoms with Gasteiger partial charge in [0.1, 0.15) is 0 Å². The van der Waals surface area contributed by atoms with Gasteiger partial charge in [0.25, 0.3) is 0 Å². The van der Waals surface area contributed by atoms with Gasteiger partial charge in [-0.05, 0) is 46.6 Å². The predicted molar refractivity (Wildman–Crippen MR) is 81.3 cm³/mol. The van der Waals surface area contributed by atoms with Crippen LogP contribution in [-0.2, 0) is 0 Å². The average Bonchev–Trinajstić information content (AvgIpc) is 2.46. The summed E-state index contributed by atoms with van der Waals surface area (Å²) in [7, 11) is 4.13. The molecule has 1 fully saturated rings. The maximum absolute atomic E-state index is 5.64. The van der Waals surface area contributed by atoms with E-state index in [9.17, 15) is 0 Å². The lowest BCUT2D eigenvalue weighted by atomic mass is 9.90. The van der Waals surface area contributed by atoms with Gasteiger partial charge in [-0.3, -0.25) is 0 Å². The number of rotatable bonds is 5. The first-order valence-electron chi connectivity index (χ1n) is 7.50. The molecule has 112 valence electrons. The molecule has 5 nitrogen and oxygen atoms in total. The Bertz CT molecular complexity index is 416. The van der Waals surface area contributed by atoms with E-state index in [4.69, 9.17) is 4.74 Å². The summed E-state index contributed by atoms with van der Waals surface area (Å²) >= 11 is 0. The van der Waals surface area contributed by atoms with Gasteiger partial charge in [-0.2, -0.15) is 4.98 Å². The lowest BCUT2D eigenvalue weighted by Crippen LogP contribution is -2.40. The molecule has 5 heteroatoms. The average molecular weight is 278 g/mol. The Hall–Kier alpha value is -1.36. The molecule has 20 heavy (non-hydrogen) atoms. The van der Waals surface area contributed by atoms with Crippen molar-refractivity contribution in [1.29, 1.82) is 0 Å². The molecule has 1 heterocycles. The van der Waals surface area contributed by atoms with Gasteiger partial charge < -0.3 is 15.0 Å². The van der Waals surface area contributed by atoms with E-state index in [0.29, 0.717) is 18.0 Å². The molecule has 0 aromatic carbocycles. The predicted octanol–water partition coefficient (Wildman–Crippen LogP) is 2.23. The molecule has 1 N–H and O–H groups in total. The molecule has 0 saturated heterocycles. The summed E-state index contributed by atoms with van der Waals surface area (Å²) in [5.41, 5.74) is 0. The molecule has 1 aliphatic rings. The smallest absolute Gasteiger partial charge is 0.228 e. The summed E-state index contributed by atoms with van der Waals surface area (Å²) < 4.78 is 5.64. The van der Waals surface area contributed by atoms with E-state index in [1.807, 2.05) is 27.0 Å². The first-order valence-corrected chi connectivity index (χ1v) is 7.50. The van der Waals surface area contributed by atoms with Crippen molar-refractivity contribution < 1.29 is 4.74 Å². The Morgan fingerprint density at radius 1 is 1.30 bits per heavy atom. The van der Waals surface area contributed by atoms with Crippen LogP contribution in [0, 0.1) is 0 Å². The summed E-state index contributed by atoms with van der Waals surface area (Å²) in [6.07, 6.45) is 6.70. The van der Waals surface area contributed by atoms with Crippen LogP contribution in [0.25, 0.3) is 0 Å². The monoisotopic (exact) mass is 278 g/mol. The molecule has 0 aliphatic heterocycles. The first-order chi connectivity index (χ1) is 9.60.